The molecule has 20 heavy (non-hydrogen) atoms. The standard InChI is InChI=1S/C13H13NO5S/c1-17-7-4-9(18-2)8(10(5-7)19-3)6-11-12(15)14-13(16)20-11/h4-6H,1-3H3,(H,14,15,16). The quantitative estimate of drug-likeness (QED) is 0.857. The van der Waals surface area contributed by atoms with Crippen molar-refractivity contribution in [2.24, 2.45) is 0 Å². The lowest BCUT2D eigenvalue weighted by molar-refractivity contribution is -0.115. The van der Waals surface area contributed by atoms with Gasteiger partial charge < -0.3 is 14.2 Å². The summed E-state index contributed by atoms with van der Waals surface area (Å²) in [6.45, 7) is 0. The van der Waals surface area contributed by atoms with Crippen LogP contribution in [0.2, 0.25) is 0 Å². The molecular weight excluding hydrogens is 282 g/mol. The monoisotopic (exact) mass is 295 g/mol. The molecule has 0 aliphatic carbocycles. The summed E-state index contributed by atoms with van der Waals surface area (Å²) in [5.74, 6) is 1.11. The number of hydrogen-bond acceptors (Lipinski definition) is 6. The molecule has 1 aromatic carbocycles. The van der Waals surface area contributed by atoms with Crippen molar-refractivity contribution in [3.05, 3.63) is 22.6 Å². The molecular formula is C13H13NO5S. The predicted molar refractivity (Wildman–Crippen MR) is 75.2 cm³/mol. The van der Waals surface area contributed by atoms with E-state index in [1.54, 1.807) is 18.2 Å². The van der Waals surface area contributed by atoms with E-state index in [-0.39, 0.29) is 4.91 Å². The summed E-state index contributed by atoms with van der Waals surface area (Å²) < 4.78 is 15.7. The van der Waals surface area contributed by atoms with E-state index in [2.05, 4.69) is 5.32 Å². The lowest BCUT2D eigenvalue weighted by atomic mass is 10.1. The van der Waals surface area contributed by atoms with Crippen LogP contribution in [-0.4, -0.2) is 32.5 Å². The minimum atomic E-state index is -0.431. The SMILES string of the molecule is COc1cc(OC)c(C=C2SC(=O)NC2=O)c(OC)c1. The zero-order valence-corrected chi connectivity index (χ0v) is 12.0. The number of carbonyl (C=O) groups excluding carboxylic acids is 2. The highest BCUT2D eigenvalue weighted by atomic mass is 32.2. The van der Waals surface area contributed by atoms with Crippen molar-refractivity contribution in [1.29, 1.82) is 0 Å². The molecule has 1 saturated heterocycles. The number of benzene rings is 1. The maximum Gasteiger partial charge on any atom is 0.290 e. The Hall–Kier alpha value is -2.15. The number of imide groups is 1. The van der Waals surface area contributed by atoms with Crippen LogP contribution in [0.25, 0.3) is 6.08 Å². The normalized spacial score (nSPS) is 16.2. The van der Waals surface area contributed by atoms with Crippen molar-refractivity contribution in [2.75, 3.05) is 21.3 Å². The van der Waals surface area contributed by atoms with Crippen LogP contribution >= 0.6 is 11.8 Å². The van der Waals surface area contributed by atoms with Crippen LogP contribution in [0.4, 0.5) is 4.79 Å². The summed E-state index contributed by atoms with van der Waals surface area (Å²) >= 11 is 0.836. The highest BCUT2D eigenvalue weighted by Crippen LogP contribution is 2.37. The van der Waals surface area contributed by atoms with Gasteiger partial charge in [-0.3, -0.25) is 14.9 Å². The predicted octanol–water partition coefficient (Wildman–Crippen LogP) is 2.04. The van der Waals surface area contributed by atoms with Crippen molar-refractivity contribution in [2.45, 2.75) is 0 Å². The fourth-order valence-electron chi connectivity index (χ4n) is 1.73. The number of rotatable bonds is 4. The van der Waals surface area contributed by atoms with E-state index >= 15 is 0 Å². The molecule has 2 amide bonds. The summed E-state index contributed by atoms with van der Waals surface area (Å²) in [5, 5.41) is 1.80. The van der Waals surface area contributed by atoms with Gasteiger partial charge in [-0.05, 0) is 17.8 Å². The Morgan fingerprint density at radius 2 is 1.65 bits per heavy atom. The van der Waals surface area contributed by atoms with Gasteiger partial charge in [-0.25, -0.2) is 0 Å². The zero-order valence-electron chi connectivity index (χ0n) is 11.2. The van der Waals surface area contributed by atoms with Gasteiger partial charge in [-0.15, -0.1) is 0 Å². The van der Waals surface area contributed by atoms with Crippen molar-refractivity contribution in [3.63, 3.8) is 0 Å². The first-order valence-electron chi connectivity index (χ1n) is 5.64. The Morgan fingerprint density at radius 1 is 1.05 bits per heavy atom. The number of amides is 2. The molecule has 0 bridgehead atoms. The fourth-order valence-corrected chi connectivity index (χ4v) is 2.39. The van der Waals surface area contributed by atoms with Crippen LogP contribution in [0.15, 0.2) is 17.0 Å². The summed E-state index contributed by atoms with van der Waals surface area (Å²) in [4.78, 5) is 23.0. The largest absolute Gasteiger partial charge is 0.496 e. The van der Waals surface area contributed by atoms with Crippen molar-refractivity contribution >= 4 is 29.0 Å². The molecule has 0 saturated carbocycles. The number of nitrogens with one attached hydrogen (secondary N) is 1. The minimum Gasteiger partial charge on any atom is -0.496 e. The molecule has 106 valence electrons. The van der Waals surface area contributed by atoms with Gasteiger partial charge in [0.1, 0.15) is 17.2 Å². The van der Waals surface area contributed by atoms with E-state index in [0.29, 0.717) is 22.8 Å². The van der Waals surface area contributed by atoms with Gasteiger partial charge in [-0.2, -0.15) is 0 Å². The number of carbonyl (C=O) groups is 2. The van der Waals surface area contributed by atoms with Gasteiger partial charge in [0.2, 0.25) is 0 Å². The molecule has 1 heterocycles. The first-order valence-corrected chi connectivity index (χ1v) is 6.45. The minimum absolute atomic E-state index is 0.289. The fraction of sp³-hybridized carbons (Fsp3) is 0.231. The Labute approximate surface area is 120 Å². The summed E-state index contributed by atoms with van der Waals surface area (Å²) in [5.41, 5.74) is 0.572. The van der Waals surface area contributed by atoms with Crippen LogP contribution < -0.4 is 19.5 Å². The average molecular weight is 295 g/mol. The molecule has 0 aromatic heterocycles. The van der Waals surface area contributed by atoms with Gasteiger partial charge >= 0.3 is 0 Å². The Kier molecular flexibility index (Phi) is 4.19. The lowest BCUT2D eigenvalue weighted by Crippen LogP contribution is -2.17. The van der Waals surface area contributed by atoms with Crippen LogP contribution in [-0.2, 0) is 4.79 Å². The van der Waals surface area contributed by atoms with E-state index in [9.17, 15) is 9.59 Å². The molecule has 1 aromatic rings. The maximum absolute atomic E-state index is 11.6. The lowest BCUT2D eigenvalue weighted by Gasteiger charge is -2.12. The molecule has 0 atom stereocenters. The number of hydrogen-bond donors (Lipinski definition) is 1. The first-order chi connectivity index (χ1) is 9.58. The van der Waals surface area contributed by atoms with Crippen molar-refractivity contribution in [1.82, 2.24) is 5.32 Å². The molecule has 1 N–H and O–H groups in total. The molecule has 7 heteroatoms. The average Bonchev–Trinajstić information content (AvgIpc) is 2.76. The molecule has 1 fully saturated rings. The number of thioether (sulfide) groups is 1. The summed E-state index contributed by atoms with van der Waals surface area (Å²) in [7, 11) is 4.54. The molecule has 2 rings (SSSR count). The van der Waals surface area contributed by atoms with E-state index in [4.69, 9.17) is 14.2 Å². The van der Waals surface area contributed by atoms with Gasteiger partial charge in [0.25, 0.3) is 11.1 Å². The van der Waals surface area contributed by atoms with Crippen LogP contribution in [0.5, 0.6) is 17.2 Å². The van der Waals surface area contributed by atoms with Crippen LogP contribution in [0, 0.1) is 0 Å². The maximum atomic E-state index is 11.6. The molecule has 0 spiro atoms. The molecule has 1 aliphatic rings. The van der Waals surface area contributed by atoms with Crippen LogP contribution in [0.1, 0.15) is 5.56 Å². The summed E-state index contributed by atoms with van der Waals surface area (Å²) in [6, 6.07) is 3.35. The van der Waals surface area contributed by atoms with E-state index < -0.39 is 11.1 Å². The third kappa shape index (κ3) is 2.72. The van der Waals surface area contributed by atoms with Gasteiger partial charge in [0.05, 0.1) is 31.8 Å². The molecule has 1 aliphatic heterocycles. The smallest absolute Gasteiger partial charge is 0.290 e. The van der Waals surface area contributed by atoms with E-state index in [0.717, 1.165) is 11.8 Å². The highest BCUT2D eigenvalue weighted by molar-refractivity contribution is 8.18. The second-order valence-corrected chi connectivity index (χ2v) is 4.81. The van der Waals surface area contributed by atoms with Crippen molar-refractivity contribution < 1.29 is 23.8 Å². The zero-order chi connectivity index (χ0) is 14.7. The molecule has 6 nitrogen and oxygen atoms in total. The molecule has 0 unspecified atom stereocenters. The summed E-state index contributed by atoms with van der Waals surface area (Å²) in [6.07, 6.45) is 1.56. The van der Waals surface area contributed by atoms with E-state index in [1.165, 1.54) is 21.3 Å². The van der Waals surface area contributed by atoms with Crippen molar-refractivity contribution in [3.8, 4) is 17.2 Å². The van der Waals surface area contributed by atoms with Gasteiger partial charge in [0.15, 0.2) is 0 Å². The van der Waals surface area contributed by atoms with Gasteiger partial charge in [-0.1, -0.05) is 0 Å². The Bertz CT molecular complexity index is 571. The van der Waals surface area contributed by atoms with Crippen LogP contribution in [0.3, 0.4) is 0 Å². The third-order valence-electron chi connectivity index (χ3n) is 2.67. The Morgan fingerprint density at radius 3 is 2.05 bits per heavy atom. The van der Waals surface area contributed by atoms with E-state index in [1.807, 2.05) is 0 Å². The number of methoxy groups -OCH3 is 3. The highest BCUT2D eigenvalue weighted by Gasteiger charge is 2.26. The number of ether oxygens (including phenoxy) is 3. The second-order valence-electron chi connectivity index (χ2n) is 3.80. The second kappa shape index (κ2) is 5.87. The van der Waals surface area contributed by atoms with Gasteiger partial charge in [0, 0.05) is 12.1 Å². The third-order valence-corrected chi connectivity index (χ3v) is 3.48. The first kappa shape index (κ1) is 14.3. The topological polar surface area (TPSA) is 73.9 Å². The Balaban J connectivity index is 2.52. The molecule has 0 radical (unpaired) electrons.